The number of halogens is 1. The topological polar surface area (TPSA) is 21.3 Å². The van der Waals surface area contributed by atoms with E-state index in [0.29, 0.717) is 5.92 Å². The fourth-order valence-corrected chi connectivity index (χ4v) is 1.98. The third kappa shape index (κ3) is 2.61. The summed E-state index contributed by atoms with van der Waals surface area (Å²) >= 11 is 3.33. The number of hydrogen-bond donors (Lipinski definition) is 1. The van der Waals surface area contributed by atoms with Crippen LogP contribution in [0, 0.1) is 0 Å². The first-order valence-electron chi connectivity index (χ1n) is 5.03. The van der Waals surface area contributed by atoms with E-state index in [1.807, 2.05) is 12.1 Å². The predicted molar refractivity (Wildman–Crippen MR) is 65.6 cm³/mol. The minimum absolute atomic E-state index is 0.466. The smallest absolute Gasteiger partial charge is 0.122 e. The van der Waals surface area contributed by atoms with E-state index >= 15 is 0 Å². The van der Waals surface area contributed by atoms with Gasteiger partial charge in [-0.2, -0.15) is 0 Å². The van der Waals surface area contributed by atoms with Crippen molar-refractivity contribution < 1.29 is 4.74 Å². The largest absolute Gasteiger partial charge is 0.493 e. The molecule has 0 aliphatic carbocycles. The molecule has 1 atom stereocenters. The van der Waals surface area contributed by atoms with E-state index in [1.165, 1.54) is 5.56 Å². The highest BCUT2D eigenvalue weighted by molar-refractivity contribution is 9.11. The van der Waals surface area contributed by atoms with E-state index in [2.05, 4.69) is 40.0 Å². The van der Waals surface area contributed by atoms with Gasteiger partial charge in [-0.1, -0.05) is 40.7 Å². The number of rotatable bonds is 4. The summed E-state index contributed by atoms with van der Waals surface area (Å²) in [6, 6.07) is 8.23. The fourth-order valence-electron chi connectivity index (χ4n) is 1.78. The number of nitrogens with one attached hydrogen (secondary N) is 1. The molecule has 0 amide bonds. The van der Waals surface area contributed by atoms with Crippen molar-refractivity contribution in [2.24, 2.45) is 0 Å². The Kier molecular flexibility index (Phi) is 3.44. The second-order valence-corrected chi connectivity index (χ2v) is 4.82. The van der Waals surface area contributed by atoms with Crippen LogP contribution >= 0.6 is 15.9 Å². The van der Waals surface area contributed by atoms with Gasteiger partial charge in [0.15, 0.2) is 0 Å². The van der Waals surface area contributed by atoms with Gasteiger partial charge in [-0.3, -0.25) is 0 Å². The van der Waals surface area contributed by atoms with Crippen molar-refractivity contribution in [2.45, 2.75) is 5.92 Å². The molecule has 0 aromatic heterocycles. The first kappa shape index (κ1) is 10.7. The normalized spacial score (nSPS) is 18.3. The molecule has 0 saturated carbocycles. The van der Waals surface area contributed by atoms with Crippen molar-refractivity contribution in [2.75, 3.05) is 19.7 Å². The summed E-state index contributed by atoms with van der Waals surface area (Å²) in [5, 5.41) is 3.34. The molecule has 2 nitrogen and oxygen atoms in total. The Balaban J connectivity index is 1.93. The van der Waals surface area contributed by atoms with Crippen LogP contribution in [0.3, 0.4) is 0 Å². The molecule has 80 valence electrons. The molecule has 1 heterocycles. The molecule has 0 fully saturated rings. The van der Waals surface area contributed by atoms with Gasteiger partial charge in [0.25, 0.3) is 0 Å². The summed E-state index contributed by atoms with van der Waals surface area (Å²) < 4.78 is 6.58. The maximum atomic E-state index is 5.59. The van der Waals surface area contributed by atoms with Crippen molar-refractivity contribution in [3.05, 3.63) is 40.9 Å². The van der Waals surface area contributed by atoms with E-state index in [0.717, 1.165) is 29.9 Å². The summed E-state index contributed by atoms with van der Waals surface area (Å²) in [6.45, 7) is 6.30. The first-order chi connectivity index (χ1) is 7.27. The number of hydrogen-bond acceptors (Lipinski definition) is 2. The number of para-hydroxylation sites is 1. The van der Waals surface area contributed by atoms with Crippen LogP contribution in [0.2, 0.25) is 0 Å². The highest BCUT2D eigenvalue weighted by Gasteiger charge is 2.22. The Bertz CT molecular complexity index is 364. The molecule has 0 bridgehead atoms. The van der Waals surface area contributed by atoms with Crippen LogP contribution in [0.4, 0.5) is 0 Å². The fraction of sp³-hybridized carbons (Fsp3) is 0.333. The second kappa shape index (κ2) is 4.81. The Morgan fingerprint density at radius 2 is 2.33 bits per heavy atom. The minimum atomic E-state index is 0.466. The van der Waals surface area contributed by atoms with Crippen molar-refractivity contribution >= 4 is 15.9 Å². The molecule has 0 spiro atoms. The monoisotopic (exact) mass is 267 g/mol. The van der Waals surface area contributed by atoms with E-state index in [9.17, 15) is 0 Å². The molecule has 3 heteroatoms. The Hall–Kier alpha value is -0.800. The molecule has 2 rings (SSSR count). The van der Waals surface area contributed by atoms with Gasteiger partial charge in [0, 0.05) is 29.1 Å². The zero-order valence-electron chi connectivity index (χ0n) is 8.50. The third-order valence-electron chi connectivity index (χ3n) is 2.51. The zero-order chi connectivity index (χ0) is 10.7. The van der Waals surface area contributed by atoms with E-state index in [-0.39, 0.29) is 0 Å². The summed E-state index contributed by atoms with van der Waals surface area (Å²) in [4.78, 5) is 0. The molecule has 0 saturated heterocycles. The third-order valence-corrected chi connectivity index (χ3v) is 2.79. The molecule has 1 aromatic carbocycles. The maximum Gasteiger partial charge on any atom is 0.122 e. The van der Waals surface area contributed by atoms with Gasteiger partial charge >= 0.3 is 0 Å². The Labute approximate surface area is 98.5 Å². The molecular weight excluding hydrogens is 254 g/mol. The highest BCUT2D eigenvalue weighted by Crippen LogP contribution is 2.32. The van der Waals surface area contributed by atoms with Crippen molar-refractivity contribution in [1.29, 1.82) is 0 Å². The minimum Gasteiger partial charge on any atom is -0.493 e. The van der Waals surface area contributed by atoms with Gasteiger partial charge in [0.1, 0.15) is 5.75 Å². The predicted octanol–water partition coefficient (Wildman–Crippen LogP) is 2.66. The van der Waals surface area contributed by atoms with E-state index in [4.69, 9.17) is 4.74 Å². The van der Waals surface area contributed by atoms with Crippen molar-refractivity contribution in [1.82, 2.24) is 5.32 Å². The van der Waals surface area contributed by atoms with E-state index < -0.39 is 0 Å². The lowest BCUT2D eigenvalue weighted by atomic mass is 10.0. The summed E-state index contributed by atoms with van der Waals surface area (Å²) in [5.74, 6) is 1.50. The summed E-state index contributed by atoms with van der Waals surface area (Å²) in [7, 11) is 0. The molecular formula is C12H14BrNO. The van der Waals surface area contributed by atoms with Crippen LogP contribution in [0.5, 0.6) is 5.75 Å². The van der Waals surface area contributed by atoms with Crippen LogP contribution in [0.25, 0.3) is 0 Å². The lowest BCUT2D eigenvalue weighted by Gasteiger charge is -2.09. The van der Waals surface area contributed by atoms with Crippen LogP contribution < -0.4 is 10.1 Å². The first-order valence-corrected chi connectivity index (χ1v) is 5.82. The van der Waals surface area contributed by atoms with Crippen molar-refractivity contribution in [3.63, 3.8) is 0 Å². The van der Waals surface area contributed by atoms with Gasteiger partial charge in [-0.25, -0.2) is 0 Å². The standard InChI is InChI=1S/C12H14BrNO/c1-9(13)6-14-7-10-8-15-12-5-3-2-4-11(10)12/h2-5,10,14H,1,6-8H2. The highest BCUT2D eigenvalue weighted by atomic mass is 79.9. The van der Waals surface area contributed by atoms with Gasteiger partial charge < -0.3 is 10.1 Å². The summed E-state index contributed by atoms with van der Waals surface area (Å²) in [6.07, 6.45) is 0. The molecule has 0 radical (unpaired) electrons. The van der Waals surface area contributed by atoms with Crippen LogP contribution in [-0.4, -0.2) is 19.7 Å². The Morgan fingerprint density at radius 3 is 3.13 bits per heavy atom. The number of ether oxygens (including phenoxy) is 1. The summed E-state index contributed by atoms with van der Waals surface area (Å²) in [5.41, 5.74) is 1.31. The van der Waals surface area contributed by atoms with Gasteiger partial charge in [0.05, 0.1) is 6.61 Å². The Morgan fingerprint density at radius 1 is 1.53 bits per heavy atom. The maximum absolute atomic E-state index is 5.59. The number of fused-ring (bicyclic) bond motifs is 1. The molecule has 1 aliphatic heterocycles. The molecule has 1 aromatic rings. The second-order valence-electron chi connectivity index (χ2n) is 3.69. The lowest BCUT2D eigenvalue weighted by molar-refractivity contribution is 0.327. The SMILES string of the molecule is C=C(Br)CNCC1COc2ccccc21. The average Bonchev–Trinajstić information content (AvgIpc) is 2.62. The van der Waals surface area contributed by atoms with Gasteiger partial charge in [0.2, 0.25) is 0 Å². The number of benzene rings is 1. The quantitative estimate of drug-likeness (QED) is 0.906. The van der Waals surface area contributed by atoms with Crippen molar-refractivity contribution in [3.8, 4) is 5.75 Å². The van der Waals surface area contributed by atoms with Crippen LogP contribution in [0.1, 0.15) is 11.5 Å². The van der Waals surface area contributed by atoms with Crippen LogP contribution in [0.15, 0.2) is 35.3 Å². The van der Waals surface area contributed by atoms with Gasteiger partial charge in [-0.05, 0) is 6.07 Å². The molecule has 1 aliphatic rings. The van der Waals surface area contributed by atoms with Gasteiger partial charge in [-0.15, -0.1) is 0 Å². The average molecular weight is 268 g/mol. The van der Waals surface area contributed by atoms with Crippen LogP contribution in [-0.2, 0) is 0 Å². The molecule has 1 N–H and O–H groups in total. The molecule has 1 unspecified atom stereocenters. The lowest BCUT2D eigenvalue weighted by Crippen LogP contribution is -2.23. The van der Waals surface area contributed by atoms with E-state index in [1.54, 1.807) is 0 Å². The molecule has 15 heavy (non-hydrogen) atoms. The zero-order valence-corrected chi connectivity index (χ0v) is 10.1.